The average Bonchev–Trinajstić information content (AvgIpc) is 2.54. The minimum atomic E-state index is -1.26. The van der Waals surface area contributed by atoms with Gasteiger partial charge in [-0.15, -0.1) is 0 Å². The molecule has 0 aromatic heterocycles. The van der Waals surface area contributed by atoms with Crippen LogP contribution >= 0.6 is 45.2 Å². The second kappa shape index (κ2) is 8.60. The Morgan fingerprint density at radius 3 is 2.65 bits per heavy atom. The van der Waals surface area contributed by atoms with Crippen LogP contribution in [0.2, 0.25) is 0 Å². The summed E-state index contributed by atoms with van der Waals surface area (Å²) in [5.41, 5.74) is 3.60. The van der Waals surface area contributed by atoms with Gasteiger partial charge in [-0.05, 0) is 62.9 Å². The standard InChI is InChI=1S/C16H14I2N2O3/c1-23-15-11(7-12(17)8-13(15)18)9-19-20-16(22)14(21)10-5-3-2-4-6-10/h2-9,14,21H,1H3,(H,20,22)/b19-9-/t14-/m0/s1. The molecule has 0 aliphatic carbocycles. The van der Waals surface area contributed by atoms with E-state index >= 15 is 0 Å². The fourth-order valence-corrected chi connectivity index (χ4v) is 4.01. The highest BCUT2D eigenvalue weighted by atomic mass is 127. The van der Waals surface area contributed by atoms with Gasteiger partial charge in [0.1, 0.15) is 5.75 Å². The minimum Gasteiger partial charge on any atom is -0.495 e. The van der Waals surface area contributed by atoms with Crippen molar-refractivity contribution in [3.8, 4) is 5.75 Å². The quantitative estimate of drug-likeness (QED) is 0.351. The zero-order valence-electron chi connectivity index (χ0n) is 12.2. The van der Waals surface area contributed by atoms with Gasteiger partial charge in [0.15, 0.2) is 6.10 Å². The maximum absolute atomic E-state index is 11.9. The number of ether oxygens (including phenoxy) is 1. The van der Waals surface area contributed by atoms with Gasteiger partial charge in [0.05, 0.1) is 16.9 Å². The van der Waals surface area contributed by atoms with Crippen LogP contribution < -0.4 is 10.2 Å². The first-order valence-electron chi connectivity index (χ1n) is 6.62. The average molecular weight is 536 g/mol. The first kappa shape index (κ1) is 18.1. The highest BCUT2D eigenvalue weighted by Crippen LogP contribution is 2.26. The third kappa shape index (κ3) is 4.88. The van der Waals surface area contributed by atoms with Crippen molar-refractivity contribution in [1.29, 1.82) is 0 Å². The first-order valence-corrected chi connectivity index (χ1v) is 8.77. The predicted octanol–water partition coefficient (Wildman–Crippen LogP) is 3.09. The maximum atomic E-state index is 11.9. The van der Waals surface area contributed by atoms with E-state index in [2.05, 4.69) is 55.7 Å². The summed E-state index contributed by atoms with van der Waals surface area (Å²) >= 11 is 4.37. The molecule has 0 unspecified atom stereocenters. The molecular weight excluding hydrogens is 522 g/mol. The number of hydrogen-bond acceptors (Lipinski definition) is 4. The predicted molar refractivity (Wildman–Crippen MR) is 106 cm³/mol. The number of aliphatic hydroxyl groups excluding tert-OH is 1. The third-order valence-corrected chi connectivity index (χ3v) is 4.41. The number of nitrogens with one attached hydrogen (secondary N) is 1. The van der Waals surface area contributed by atoms with Crippen LogP contribution in [0.25, 0.3) is 0 Å². The highest BCUT2D eigenvalue weighted by molar-refractivity contribution is 14.1. The Morgan fingerprint density at radius 1 is 1.30 bits per heavy atom. The van der Waals surface area contributed by atoms with Crippen LogP contribution in [0.5, 0.6) is 5.75 Å². The molecule has 2 N–H and O–H groups in total. The van der Waals surface area contributed by atoms with E-state index in [0.717, 1.165) is 12.7 Å². The summed E-state index contributed by atoms with van der Waals surface area (Å²) in [4.78, 5) is 11.9. The van der Waals surface area contributed by atoms with Crippen molar-refractivity contribution < 1.29 is 14.6 Å². The van der Waals surface area contributed by atoms with Crippen LogP contribution in [0.4, 0.5) is 0 Å². The van der Waals surface area contributed by atoms with Gasteiger partial charge in [-0.2, -0.15) is 5.10 Å². The molecule has 7 heteroatoms. The number of benzene rings is 2. The van der Waals surface area contributed by atoms with Gasteiger partial charge < -0.3 is 9.84 Å². The molecule has 23 heavy (non-hydrogen) atoms. The molecule has 1 atom stereocenters. The fourth-order valence-electron chi connectivity index (χ4n) is 1.90. The van der Waals surface area contributed by atoms with E-state index in [0.29, 0.717) is 11.3 Å². The second-order valence-electron chi connectivity index (χ2n) is 4.56. The second-order valence-corrected chi connectivity index (χ2v) is 6.97. The van der Waals surface area contributed by atoms with Gasteiger partial charge >= 0.3 is 0 Å². The lowest BCUT2D eigenvalue weighted by Gasteiger charge is -2.09. The van der Waals surface area contributed by atoms with Crippen molar-refractivity contribution in [2.75, 3.05) is 7.11 Å². The largest absolute Gasteiger partial charge is 0.495 e. The number of rotatable bonds is 5. The molecule has 120 valence electrons. The van der Waals surface area contributed by atoms with E-state index in [1.807, 2.05) is 18.2 Å². The highest BCUT2D eigenvalue weighted by Gasteiger charge is 2.16. The van der Waals surface area contributed by atoms with Crippen molar-refractivity contribution in [2.24, 2.45) is 5.10 Å². The molecule has 1 amide bonds. The Hall–Kier alpha value is -1.20. The lowest BCUT2D eigenvalue weighted by Crippen LogP contribution is -2.25. The smallest absolute Gasteiger partial charge is 0.273 e. The van der Waals surface area contributed by atoms with Gasteiger partial charge in [-0.25, -0.2) is 5.43 Å². The Labute approximate surface area is 161 Å². The van der Waals surface area contributed by atoms with Crippen molar-refractivity contribution in [2.45, 2.75) is 6.10 Å². The van der Waals surface area contributed by atoms with Crippen molar-refractivity contribution >= 4 is 57.3 Å². The van der Waals surface area contributed by atoms with E-state index in [4.69, 9.17) is 4.74 Å². The number of hydrazone groups is 1. The zero-order chi connectivity index (χ0) is 16.8. The van der Waals surface area contributed by atoms with E-state index in [-0.39, 0.29) is 0 Å². The monoisotopic (exact) mass is 536 g/mol. The van der Waals surface area contributed by atoms with Crippen LogP contribution in [0.1, 0.15) is 17.2 Å². The molecule has 0 saturated heterocycles. The van der Waals surface area contributed by atoms with Crippen LogP contribution in [0, 0.1) is 7.14 Å². The fraction of sp³-hybridized carbons (Fsp3) is 0.125. The summed E-state index contributed by atoms with van der Waals surface area (Å²) in [7, 11) is 1.58. The summed E-state index contributed by atoms with van der Waals surface area (Å²) < 4.78 is 7.33. The van der Waals surface area contributed by atoms with Crippen molar-refractivity contribution in [3.05, 3.63) is 60.7 Å². The van der Waals surface area contributed by atoms with Crippen molar-refractivity contribution in [3.63, 3.8) is 0 Å². The molecule has 0 fully saturated rings. The van der Waals surface area contributed by atoms with E-state index in [1.54, 1.807) is 31.4 Å². The third-order valence-electron chi connectivity index (χ3n) is 2.98. The number of carbonyl (C=O) groups is 1. The first-order chi connectivity index (χ1) is 11.0. The Kier molecular flexibility index (Phi) is 6.78. The minimum absolute atomic E-state index is 0.515. The van der Waals surface area contributed by atoms with Crippen LogP contribution in [0.3, 0.4) is 0 Å². The lowest BCUT2D eigenvalue weighted by molar-refractivity contribution is -0.129. The lowest BCUT2D eigenvalue weighted by atomic mass is 10.1. The van der Waals surface area contributed by atoms with Gasteiger partial charge in [0.25, 0.3) is 5.91 Å². The Balaban J connectivity index is 2.09. The van der Waals surface area contributed by atoms with E-state index < -0.39 is 12.0 Å². The SMILES string of the molecule is COc1c(I)cc(I)cc1/C=N\NC(=O)[C@@H](O)c1ccccc1. The molecule has 2 aromatic carbocycles. The molecule has 0 radical (unpaired) electrons. The summed E-state index contributed by atoms with van der Waals surface area (Å²) in [5.74, 6) is 0.0966. The summed E-state index contributed by atoms with van der Waals surface area (Å²) in [6.45, 7) is 0. The normalized spacial score (nSPS) is 12.2. The molecule has 0 aliphatic heterocycles. The molecule has 2 rings (SSSR count). The summed E-state index contributed by atoms with van der Waals surface area (Å²) in [5, 5.41) is 13.9. The van der Waals surface area contributed by atoms with Crippen LogP contribution in [-0.4, -0.2) is 24.3 Å². The van der Waals surface area contributed by atoms with E-state index in [9.17, 15) is 9.90 Å². The van der Waals surface area contributed by atoms with Gasteiger partial charge in [-0.3, -0.25) is 4.79 Å². The van der Waals surface area contributed by atoms with Gasteiger partial charge in [0.2, 0.25) is 0 Å². The number of aliphatic hydroxyl groups is 1. The molecule has 2 aromatic rings. The number of amides is 1. The van der Waals surface area contributed by atoms with Gasteiger partial charge in [-0.1, -0.05) is 30.3 Å². The van der Waals surface area contributed by atoms with E-state index in [1.165, 1.54) is 6.21 Å². The number of halogens is 2. The van der Waals surface area contributed by atoms with Crippen molar-refractivity contribution in [1.82, 2.24) is 5.43 Å². The number of methoxy groups -OCH3 is 1. The Morgan fingerprint density at radius 2 is 2.00 bits per heavy atom. The molecular formula is C16H14I2N2O3. The molecule has 0 saturated carbocycles. The summed E-state index contributed by atoms with van der Waals surface area (Å²) in [6, 6.07) is 12.6. The summed E-state index contributed by atoms with van der Waals surface area (Å²) in [6.07, 6.45) is 0.241. The Bertz CT molecular complexity index is 721. The topological polar surface area (TPSA) is 70.9 Å². The zero-order valence-corrected chi connectivity index (χ0v) is 16.5. The molecule has 0 spiro atoms. The molecule has 0 aliphatic rings. The molecule has 0 heterocycles. The number of carbonyl (C=O) groups excluding carboxylic acids is 1. The molecule has 5 nitrogen and oxygen atoms in total. The number of nitrogens with zero attached hydrogens (tertiary/aromatic N) is 1. The maximum Gasteiger partial charge on any atom is 0.273 e. The van der Waals surface area contributed by atoms with Crippen LogP contribution in [0.15, 0.2) is 47.6 Å². The van der Waals surface area contributed by atoms with Gasteiger partial charge in [0, 0.05) is 9.13 Å². The molecule has 0 bridgehead atoms. The number of hydrogen-bond donors (Lipinski definition) is 2. The van der Waals surface area contributed by atoms with Crippen LogP contribution in [-0.2, 0) is 4.79 Å².